The molecule has 1 aromatic heterocycles. The van der Waals surface area contributed by atoms with Crippen molar-refractivity contribution in [2.45, 2.75) is 39.3 Å². The molecule has 1 saturated heterocycles. The van der Waals surface area contributed by atoms with Crippen molar-refractivity contribution in [1.82, 2.24) is 9.97 Å². The molecule has 0 unspecified atom stereocenters. The summed E-state index contributed by atoms with van der Waals surface area (Å²) in [6.45, 7) is 3.90. The van der Waals surface area contributed by atoms with Gasteiger partial charge in [-0.05, 0) is 31.0 Å². The molecular formula is C20H22F3N3O4. The number of benzene rings is 1. The van der Waals surface area contributed by atoms with Crippen molar-refractivity contribution in [3.63, 3.8) is 0 Å². The van der Waals surface area contributed by atoms with Crippen molar-refractivity contribution in [3.8, 4) is 0 Å². The van der Waals surface area contributed by atoms with Gasteiger partial charge in [-0.25, -0.2) is 9.97 Å². The average molecular weight is 425 g/mol. The summed E-state index contributed by atoms with van der Waals surface area (Å²) in [6, 6.07) is 4.03. The van der Waals surface area contributed by atoms with Crippen molar-refractivity contribution < 1.29 is 32.2 Å². The van der Waals surface area contributed by atoms with E-state index in [1.165, 1.54) is 20.1 Å². The average Bonchev–Trinajstić information content (AvgIpc) is 3.20. The molecule has 1 aliphatic heterocycles. The molecule has 30 heavy (non-hydrogen) atoms. The number of halogens is 3. The molecule has 0 radical (unpaired) electrons. The molecule has 0 spiro atoms. The first-order valence-electron chi connectivity index (χ1n) is 9.27. The Balaban J connectivity index is 1.95. The van der Waals surface area contributed by atoms with Crippen LogP contribution in [0, 0.1) is 13.8 Å². The zero-order valence-electron chi connectivity index (χ0n) is 16.8. The van der Waals surface area contributed by atoms with E-state index in [0.717, 1.165) is 6.07 Å². The van der Waals surface area contributed by atoms with Crippen LogP contribution in [0.3, 0.4) is 0 Å². The molecule has 1 N–H and O–H groups in total. The second-order valence-electron chi connectivity index (χ2n) is 6.75. The number of ether oxygens (including phenoxy) is 3. The molecule has 0 amide bonds. The second kappa shape index (κ2) is 8.97. The van der Waals surface area contributed by atoms with Gasteiger partial charge in [0.05, 0.1) is 43.6 Å². The summed E-state index contributed by atoms with van der Waals surface area (Å²) in [5.74, 6) is 0.232. The van der Waals surface area contributed by atoms with Gasteiger partial charge in [-0.15, -0.1) is 0 Å². The number of aromatic nitrogens is 2. The van der Waals surface area contributed by atoms with Gasteiger partial charge >= 0.3 is 12.1 Å². The van der Waals surface area contributed by atoms with E-state index in [1.54, 1.807) is 13.0 Å². The van der Waals surface area contributed by atoms with Gasteiger partial charge in [0.15, 0.2) is 6.29 Å². The van der Waals surface area contributed by atoms with Crippen LogP contribution < -0.4 is 5.32 Å². The van der Waals surface area contributed by atoms with E-state index in [9.17, 15) is 18.0 Å². The molecule has 1 aromatic carbocycles. The number of nitrogens with one attached hydrogen (secondary N) is 1. The van der Waals surface area contributed by atoms with Crippen LogP contribution in [-0.4, -0.2) is 36.3 Å². The Kier molecular flexibility index (Phi) is 6.57. The number of hydrogen-bond acceptors (Lipinski definition) is 7. The fourth-order valence-electron chi connectivity index (χ4n) is 3.25. The van der Waals surface area contributed by atoms with Gasteiger partial charge in [0.1, 0.15) is 11.6 Å². The monoisotopic (exact) mass is 425 g/mol. The van der Waals surface area contributed by atoms with Crippen molar-refractivity contribution in [2.75, 3.05) is 25.6 Å². The SMILES string of the molecule is COC(=O)Cc1nc(C)nc(NCc2cccc(C(F)(F)F)c2C)c1C1OCCO1. The molecule has 10 heteroatoms. The largest absolute Gasteiger partial charge is 0.469 e. The number of anilines is 1. The van der Waals surface area contributed by atoms with Crippen molar-refractivity contribution >= 4 is 11.8 Å². The molecule has 0 saturated carbocycles. The molecule has 1 fully saturated rings. The van der Waals surface area contributed by atoms with Gasteiger partial charge in [0.25, 0.3) is 0 Å². The van der Waals surface area contributed by atoms with Crippen molar-refractivity contribution in [1.29, 1.82) is 0 Å². The molecule has 7 nitrogen and oxygen atoms in total. The van der Waals surface area contributed by atoms with Crippen LogP contribution in [-0.2, 0) is 38.1 Å². The Morgan fingerprint density at radius 3 is 2.57 bits per heavy atom. The highest BCUT2D eigenvalue weighted by molar-refractivity contribution is 5.73. The van der Waals surface area contributed by atoms with Crippen LogP contribution >= 0.6 is 0 Å². The van der Waals surface area contributed by atoms with Gasteiger partial charge < -0.3 is 19.5 Å². The molecule has 2 aromatic rings. The van der Waals surface area contributed by atoms with Crippen LogP contribution in [0.15, 0.2) is 18.2 Å². The maximum Gasteiger partial charge on any atom is 0.416 e. The molecule has 2 heterocycles. The van der Waals surface area contributed by atoms with E-state index >= 15 is 0 Å². The lowest BCUT2D eigenvalue weighted by molar-refractivity contribution is -0.140. The number of rotatable bonds is 6. The summed E-state index contributed by atoms with van der Waals surface area (Å²) in [4.78, 5) is 20.5. The van der Waals surface area contributed by atoms with Gasteiger partial charge in [0, 0.05) is 6.54 Å². The van der Waals surface area contributed by atoms with Crippen molar-refractivity contribution in [2.24, 2.45) is 0 Å². The van der Waals surface area contributed by atoms with Crippen molar-refractivity contribution in [3.05, 3.63) is 52.0 Å². The molecule has 0 bridgehead atoms. The Hall–Kier alpha value is -2.72. The Morgan fingerprint density at radius 2 is 1.93 bits per heavy atom. The predicted molar refractivity (Wildman–Crippen MR) is 101 cm³/mol. The van der Waals surface area contributed by atoms with Crippen LogP contribution in [0.2, 0.25) is 0 Å². The van der Waals surface area contributed by atoms with Crippen LogP contribution in [0.4, 0.5) is 19.0 Å². The smallest absolute Gasteiger partial charge is 0.416 e. The third kappa shape index (κ3) is 4.88. The third-order valence-electron chi connectivity index (χ3n) is 4.73. The van der Waals surface area contributed by atoms with Gasteiger partial charge in [-0.3, -0.25) is 4.79 Å². The van der Waals surface area contributed by atoms with Crippen LogP contribution in [0.1, 0.15) is 40.1 Å². The molecule has 3 rings (SSSR count). The number of carbonyl (C=O) groups is 1. The fraction of sp³-hybridized carbons (Fsp3) is 0.450. The second-order valence-corrected chi connectivity index (χ2v) is 6.75. The molecule has 0 atom stereocenters. The molecular weight excluding hydrogens is 403 g/mol. The summed E-state index contributed by atoms with van der Waals surface area (Å²) >= 11 is 0. The number of hydrogen-bond donors (Lipinski definition) is 1. The van der Waals surface area contributed by atoms with E-state index < -0.39 is 24.0 Å². The zero-order valence-corrected chi connectivity index (χ0v) is 16.8. The Labute approximate surface area is 171 Å². The van der Waals surface area contributed by atoms with Crippen LogP contribution in [0.5, 0.6) is 0 Å². The lowest BCUT2D eigenvalue weighted by Crippen LogP contribution is -2.18. The fourth-order valence-corrected chi connectivity index (χ4v) is 3.25. The predicted octanol–water partition coefficient (Wildman–Crippen LogP) is 3.49. The minimum atomic E-state index is -4.43. The van der Waals surface area contributed by atoms with E-state index in [-0.39, 0.29) is 18.5 Å². The minimum Gasteiger partial charge on any atom is -0.469 e. The minimum absolute atomic E-state index is 0.0869. The maximum absolute atomic E-state index is 13.2. The lowest BCUT2D eigenvalue weighted by Gasteiger charge is -2.20. The first-order valence-corrected chi connectivity index (χ1v) is 9.27. The number of methoxy groups -OCH3 is 1. The normalized spacial score (nSPS) is 14.7. The quantitative estimate of drug-likeness (QED) is 0.710. The standard InChI is InChI=1S/C20H22F3N3O4/c1-11-13(5-4-6-14(11)20(21,22)23)10-24-18-17(19-29-7-8-30-19)15(9-16(27)28-3)25-12(2)26-18/h4-6,19H,7-10H2,1-3H3,(H,24,25,26). The molecule has 1 aliphatic rings. The molecule has 0 aliphatic carbocycles. The van der Waals surface area contributed by atoms with Gasteiger partial charge in [-0.1, -0.05) is 12.1 Å². The first-order chi connectivity index (χ1) is 14.2. The van der Waals surface area contributed by atoms with Gasteiger partial charge in [0.2, 0.25) is 0 Å². The topological polar surface area (TPSA) is 82.6 Å². The number of alkyl halides is 3. The summed E-state index contributed by atoms with van der Waals surface area (Å²) in [5, 5.41) is 3.07. The van der Waals surface area contributed by atoms with E-state index in [4.69, 9.17) is 14.2 Å². The Morgan fingerprint density at radius 1 is 1.23 bits per heavy atom. The van der Waals surface area contributed by atoms with E-state index in [0.29, 0.717) is 41.7 Å². The summed E-state index contributed by atoms with van der Waals surface area (Å²) in [7, 11) is 1.27. The molecule has 162 valence electrons. The number of carbonyl (C=O) groups excluding carboxylic acids is 1. The highest BCUT2D eigenvalue weighted by Gasteiger charge is 2.33. The number of aryl methyl sites for hydroxylation is 1. The Bertz CT molecular complexity index is 928. The maximum atomic E-state index is 13.2. The third-order valence-corrected chi connectivity index (χ3v) is 4.73. The number of esters is 1. The van der Waals surface area contributed by atoms with Crippen LogP contribution in [0.25, 0.3) is 0 Å². The summed E-state index contributed by atoms with van der Waals surface area (Å²) < 4.78 is 55.5. The van der Waals surface area contributed by atoms with Gasteiger partial charge in [-0.2, -0.15) is 13.2 Å². The summed E-state index contributed by atoms with van der Waals surface area (Å²) in [6.07, 6.45) is -5.33. The highest BCUT2D eigenvalue weighted by Crippen LogP contribution is 2.34. The lowest BCUT2D eigenvalue weighted by atomic mass is 10.0. The first kappa shape index (κ1) is 22.0. The van der Waals surface area contributed by atoms with E-state index in [2.05, 4.69) is 15.3 Å². The summed E-state index contributed by atoms with van der Waals surface area (Å²) in [5.41, 5.74) is 0.732. The highest BCUT2D eigenvalue weighted by atomic mass is 19.4. The number of nitrogens with zero attached hydrogens (tertiary/aromatic N) is 2. The van der Waals surface area contributed by atoms with E-state index in [1.807, 2.05) is 0 Å². The zero-order chi connectivity index (χ0) is 21.9.